The fraction of sp³-hybridized carbons (Fsp3) is 0.750. The molecule has 1 aliphatic carbocycles. The molecule has 0 aromatic heterocycles. The van der Waals surface area contributed by atoms with Crippen LogP contribution in [0.1, 0.15) is 19.3 Å². The van der Waals surface area contributed by atoms with E-state index in [-0.39, 0.29) is 17.7 Å². The summed E-state index contributed by atoms with van der Waals surface area (Å²) in [6.07, 6.45) is 2.73. The van der Waals surface area contributed by atoms with Crippen LogP contribution in [0.4, 0.5) is 0 Å². The van der Waals surface area contributed by atoms with Gasteiger partial charge in [-0.25, -0.2) is 4.79 Å². The first-order valence-electron chi connectivity index (χ1n) is 4.23. The summed E-state index contributed by atoms with van der Waals surface area (Å²) in [6, 6.07) is -0.620. The minimum absolute atomic E-state index is 0.0221. The molecule has 0 aromatic rings. The topological polar surface area (TPSA) is 66.4 Å². The molecule has 0 aromatic carbocycles. The van der Waals surface area contributed by atoms with Crippen molar-refractivity contribution in [1.82, 2.24) is 5.32 Å². The molecule has 4 heteroatoms. The van der Waals surface area contributed by atoms with Gasteiger partial charge in [0.05, 0.1) is 0 Å². The Labute approximate surface area is 69.9 Å². The molecule has 1 amide bonds. The van der Waals surface area contributed by atoms with E-state index in [2.05, 4.69) is 5.32 Å². The Balaban J connectivity index is 2.20. The standard InChI is InChI=1S/C8H11NO3/c10-7-5-3-1-2-4(5)6(9-7)8(11)12/h4-6H,1-3H2,(H,9,10)(H,11,12). The van der Waals surface area contributed by atoms with Gasteiger partial charge in [0.1, 0.15) is 6.04 Å². The molecule has 2 rings (SSSR count). The average molecular weight is 169 g/mol. The molecule has 3 atom stereocenters. The number of nitrogens with one attached hydrogen (secondary N) is 1. The maximum Gasteiger partial charge on any atom is 0.326 e. The van der Waals surface area contributed by atoms with Gasteiger partial charge in [-0.15, -0.1) is 0 Å². The van der Waals surface area contributed by atoms with Crippen LogP contribution in [-0.4, -0.2) is 23.0 Å². The van der Waals surface area contributed by atoms with Crippen LogP contribution in [0, 0.1) is 11.8 Å². The van der Waals surface area contributed by atoms with Crippen LogP contribution in [-0.2, 0) is 9.59 Å². The number of carbonyl (C=O) groups excluding carboxylic acids is 1. The molecule has 1 heterocycles. The largest absolute Gasteiger partial charge is 0.480 e. The van der Waals surface area contributed by atoms with E-state index in [1.807, 2.05) is 0 Å². The summed E-state index contributed by atoms with van der Waals surface area (Å²) in [5.74, 6) is -0.927. The summed E-state index contributed by atoms with van der Waals surface area (Å²) in [7, 11) is 0. The second-order valence-corrected chi connectivity index (χ2v) is 3.53. The minimum Gasteiger partial charge on any atom is -0.480 e. The molecule has 12 heavy (non-hydrogen) atoms. The first-order valence-corrected chi connectivity index (χ1v) is 4.23. The maximum atomic E-state index is 11.2. The molecule has 1 saturated carbocycles. The number of carbonyl (C=O) groups is 2. The Morgan fingerprint density at radius 1 is 1.50 bits per heavy atom. The van der Waals surface area contributed by atoms with Gasteiger partial charge in [-0.05, 0) is 12.8 Å². The first kappa shape index (κ1) is 7.58. The lowest BCUT2D eigenvalue weighted by molar-refractivity contribution is -0.140. The average Bonchev–Trinajstić information content (AvgIpc) is 2.53. The lowest BCUT2D eigenvalue weighted by atomic mass is 9.94. The Morgan fingerprint density at radius 2 is 2.25 bits per heavy atom. The van der Waals surface area contributed by atoms with Crippen molar-refractivity contribution < 1.29 is 14.7 Å². The molecule has 0 radical (unpaired) electrons. The number of carboxylic acids is 1. The van der Waals surface area contributed by atoms with Crippen LogP contribution >= 0.6 is 0 Å². The molecule has 4 nitrogen and oxygen atoms in total. The third-order valence-corrected chi connectivity index (χ3v) is 2.90. The third kappa shape index (κ3) is 0.906. The van der Waals surface area contributed by atoms with Gasteiger partial charge in [-0.2, -0.15) is 0 Å². The number of rotatable bonds is 1. The van der Waals surface area contributed by atoms with Crippen molar-refractivity contribution >= 4 is 11.9 Å². The predicted octanol–water partition coefficient (Wildman–Crippen LogP) is -0.0143. The van der Waals surface area contributed by atoms with Gasteiger partial charge < -0.3 is 10.4 Å². The summed E-state index contributed by atoms with van der Waals surface area (Å²) in [5.41, 5.74) is 0. The highest BCUT2D eigenvalue weighted by atomic mass is 16.4. The molecule has 2 aliphatic rings. The van der Waals surface area contributed by atoms with E-state index in [0.717, 1.165) is 19.3 Å². The Kier molecular flexibility index (Phi) is 1.56. The van der Waals surface area contributed by atoms with Crippen molar-refractivity contribution in [2.75, 3.05) is 0 Å². The van der Waals surface area contributed by atoms with Crippen LogP contribution in [0.3, 0.4) is 0 Å². The number of hydrogen-bond donors (Lipinski definition) is 2. The summed E-state index contributed by atoms with van der Waals surface area (Å²) in [6.45, 7) is 0. The lowest BCUT2D eigenvalue weighted by Crippen LogP contribution is -2.36. The van der Waals surface area contributed by atoms with Crippen molar-refractivity contribution in [3.63, 3.8) is 0 Å². The molecule has 66 valence electrons. The van der Waals surface area contributed by atoms with Crippen LogP contribution in [0.25, 0.3) is 0 Å². The number of carboxylic acid groups (broad SMARTS) is 1. The van der Waals surface area contributed by atoms with Crippen LogP contribution in [0.15, 0.2) is 0 Å². The number of hydrogen-bond acceptors (Lipinski definition) is 2. The van der Waals surface area contributed by atoms with Crippen molar-refractivity contribution in [1.29, 1.82) is 0 Å². The maximum absolute atomic E-state index is 11.2. The van der Waals surface area contributed by atoms with Crippen LogP contribution in [0.5, 0.6) is 0 Å². The Morgan fingerprint density at radius 3 is 2.92 bits per heavy atom. The van der Waals surface area contributed by atoms with E-state index < -0.39 is 12.0 Å². The smallest absolute Gasteiger partial charge is 0.326 e. The van der Waals surface area contributed by atoms with Gasteiger partial charge in [-0.1, -0.05) is 6.42 Å². The Hall–Kier alpha value is -1.06. The van der Waals surface area contributed by atoms with E-state index in [9.17, 15) is 9.59 Å². The van der Waals surface area contributed by atoms with E-state index >= 15 is 0 Å². The molecule has 1 saturated heterocycles. The second-order valence-electron chi connectivity index (χ2n) is 3.53. The highest BCUT2D eigenvalue weighted by Crippen LogP contribution is 2.38. The minimum atomic E-state index is -0.891. The molecule has 0 bridgehead atoms. The Bertz CT molecular complexity index is 238. The van der Waals surface area contributed by atoms with Gasteiger partial charge in [0.15, 0.2) is 0 Å². The normalized spacial score (nSPS) is 39.3. The number of aliphatic carboxylic acids is 1. The molecular weight excluding hydrogens is 158 g/mol. The van der Waals surface area contributed by atoms with Gasteiger partial charge in [0, 0.05) is 11.8 Å². The molecular formula is C8H11NO3. The quantitative estimate of drug-likeness (QED) is 0.580. The monoisotopic (exact) mass is 169 g/mol. The molecule has 1 aliphatic heterocycles. The van der Waals surface area contributed by atoms with Crippen molar-refractivity contribution in [3.05, 3.63) is 0 Å². The summed E-state index contributed by atoms with van der Waals surface area (Å²) >= 11 is 0. The zero-order valence-electron chi connectivity index (χ0n) is 6.62. The van der Waals surface area contributed by atoms with Crippen molar-refractivity contribution in [2.45, 2.75) is 25.3 Å². The van der Waals surface area contributed by atoms with E-state index in [0.29, 0.717) is 0 Å². The number of amides is 1. The molecule has 2 N–H and O–H groups in total. The lowest BCUT2D eigenvalue weighted by Gasteiger charge is -2.10. The van der Waals surface area contributed by atoms with E-state index in [1.165, 1.54) is 0 Å². The molecule has 2 fully saturated rings. The van der Waals surface area contributed by atoms with Crippen LogP contribution < -0.4 is 5.32 Å². The van der Waals surface area contributed by atoms with Gasteiger partial charge in [0.2, 0.25) is 5.91 Å². The zero-order chi connectivity index (χ0) is 8.72. The molecule has 0 spiro atoms. The van der Waals surface area contributed by atoms with Crippen molar-refractivity contribution in [3.8, 4) is 0 Å². The van der Waals surface area contributed by atoms with Crippen molar-refractivity contribution in [2.24, 2.45) is 11.8 Å². The molecule has 3 unspecified atom stereocenters. The van der Waals surface area contributed by atoms with Gasteiger partial charge >= 0.3 is 5.97 Å². The first-order chi connectivity index (χ1) is 5.70. The third-order valence-electron chi connectivity index (χ3n) is 2.90. The van der Waals surface area contributed by atoms with Gasteiger partial charge in [0.25, 0.3) is 0 Å². The second kappa shape index (κ2) is 2.47. The van der Waals surface area contributed by atoms with E-state index in [1.54, 1.807) is 0 Å². The van der Waals surface area contributed by atoms with Gasteiger partial charge in [-0.3, -0.25) is 4.79 Å². The van der Waals surface area contributed by atoms with Crippen LogP contribution in [0.2, 0.25) is 0 Å². The highest BCUT2D eigenvalue weighted by molar-refractivity contribution is 5.90. The fourth-order valence-electron chi connectivity index (χ4n) is 2.33. The summed E-state index contributed by atoms with van der Waals surface area (Å²) in [5, 5.41) is 11.3. The summed E-state index contributed by atoms with van der Waals surface area (Å²) in [4.78, 5) is 21.9. The number of fused-ring (bicyclic) bond motifs is 1. The SMILES string of the molecule is O=C1NC(C(=O)O)C2CCCC12. The predicted molar refractivity (Wildman–Crippen MR) is 40.4 cm³/mol. The fourth-order valence-corrected chi connectivity index (χ4v) is 2.33. The van der Waals surface area contributed by atoms with E-state index in [4.69, 9.17) is 5.11 Å². The highest BCUT2D eigenvalue weighted by Gasteiger charge is 2.47. The summed E-state index contributed by atoms with van der Waals surface area (Å²) < 4.78 is 0. The zero-order valence-corrected chi connectivity index (χ0v) is 6.62.